The van der Waals surface area contributed by atoms with Crippen molar-refractivity contribution in [3.05, 3.63) is 130 Å². The summed E-state index contributed by atoms with van der Waals surface area (Å²) in [6.45, 7) is 22.2. The van der Waals surface area contributed by atoms with Crippen LogP contribution in [0.5, 0.6) is 0 Å². The van der Waals surface area contributed by atoms with E-state index in [1.165, 1.54) is 49.9 Å². The lowest BCUT2D eigenvalue weighted by Crippen LogP contribution is -2.18. The average Bonchev–Trinajstić information content (AvgIpc) is 2.98. The van der Waals surface area contributed by atoms with Crippen molar-refractivity contribution in [3.63, 3.8) is 0 Å². The lowest BCUT2D eigenvalue weighted by Gasteiger charge is -2.31. The molecule has 0 amide bonds. The largest absolute Gasteiger partial charge is 0.356 e. The van der Waals surface area contributed by atoms with Crippen molar-refractivity contribution in [3.8, 4) is 0 Å². The Morgan fingerprint density at radius 2 is 1.64 bits per heavy atom. The molecular weight excluding hydrogens is 530 g/mol. The molecule has 44 heavy (non-hydrogen) atoms. The molecule has 0 saturated heterocycles. The number of rotatable bonds is 4. The van der Waals surface area contributed by atoms with E-state index in [4.69, 9.17) is 0 Å². The normalized spacial score (nSPS) is 19.2. The van der Waals surface area contributed by atoms with Crippen molar-refractivity contribution in [1.82, 2.24) is 5.32 Å². The van der Waals surface area contributed by atoms with Gasteiger partial charge >= 0.3 is 0 Å². The number of hydrogen-bond donors (Lipinski definition) is 1. The van der Waals surface area contributed by atoms with Crippen molar-refractivity contribution >= 4 is 22.4 Å². The Balaban J connectivity index is 0.000000179. The van der Waals surface area contributed by atoms with Gasteiger partial charge in [0.15, 0.2) is 0 Å². The summed E-state index contributed by atoms with van der Waals surface area (Å²) < 4.78 is 0. The number of hydrogen-bond acceptors (Lipinski definition) is 1. The monoisotopic (exact) mass is 585 g/mol. The zero-order chi connectivity index (χ0) is 32.1. The second kappa shape index (κ2) is 14.0. The molecule has 0 radical (unpaired) electrons. The van der Waals surface area contributed by atoms with E-state index in [-0.39, 0.29) is 5.41 Å². The molecule has 0 saturated carbocycles. The lowest BCUT2D eigenvalue weighted by molar-refractivity contribution is 0.341. The minimum Gasteiger partial charge on any atom is -0.356 e. The Labute approximate surface area is 268 Å². The molecule has 0 spiro atoms. The van der Waals surface area contributed by atoms with Gasteiger partial charge in [-0.2, -0.15) is 0 Å². The van der Waals surface area contributed by atoms with Crippen LogP contribution >= 0.6 is 0 Å². The second-order valence-corrected chi connectivity index (χ2v) is 15.1. The Bertz CT molecular complexity index is 1590. The van der Waals surface area contributed by atoms with Crippen molar-refractivity contribution in [1.29, 1.82) is 0 Å². The molecule has 0 heterocycles. The Morgan fingerprint density at radius 3 is 2.32 bits per heavy atom. The van der Waals surface area contributed by atoms with E-state index < -0.39 is 0 Å². The summed E-state index contributed by atoms with van der Waals surface area (Å²) in [6.07, 6.45) is 29.7. The van der Waals surface area contributed by atoms with Gasteiger partial charge in [-0.1, -0.05) is 140 Å². The molecule has 0 aromatic heterocycles. The number of fused-ring (bicyclic) bond motifs is 1. The number of benzene rings is 2. The van der Waals surface area contributed by atoms with Crippen LogP contribution in [0.2, 0.25) is 0 Å². The van der Waals surface area contributed by atoms with Crippen LogP contribution in [0.3, 0.4) is 0 Å². The summed E-state index contributed by atoms with van der Waals surface area (Å²) in [5.74, 6) is 1.09. The van der Waals surface area contributed by atoms with Crippen molar-refractivity contribution < 1.29 is 0 Å². The predicted octanol–water partition coefficient (Wildman–Crippen LogP) is 12.4. The maximum absolute atomic E-state index is 3.49. The molecular formula is C43H55N. The molecule has 0 aliphatic heterocycles. The third-order valence-electron chi connectivity index (χ3n) is 8.68. The highest BCUT2D eigenvalue weighted by molar-refractivity contribution is 6.04. The predicted molar refractivity (Wildman–Crippen MR) is 197 cm³/mol. The molecule has 1 nitrogen and oxygen atoms in total. The van der Waals surface area contributed by atoms with Crippen LogP contribution in [0.4, 0.5) is 0 Å². The highest BCUT2D eigenvalue weighted by atomic mass is 14.9. The summed E-state index contributed by atoms with van der Waals surface area (Å²) >= 11 is 0. The summed E-state index contributed by atoms with van der Waals surface area (Å²) in [7, 11) is 0. The zero-order valence-corrected chi connectivity index (χ0v) is 29.0. The molecule has 1 heteroatoms. The fourth-order valence-electron chi connectivity index (χ4n) is 6.06. The smallest absolute Gasteiger partial charge is 0.0419 e. The molecule has 2 atom stereocenters. The molecule has 2 unspecified atom stereocenters. The molecule has 0 fully saturated rings. The SMILES string of the molecule is C/C=C\C(=C/C)NC1=C2C=CC=CC2CC=C1.CC(C)(C)C.CC(c1ccc2c3c4c(ccc13)C=CCC4=CC2)C(C)(C)C. The van der Waals surface area contributed by atoms with E-state index >= 15 is 0 Å². The van der Waals surface area contributed by atoms with Crippen LogP contribution in [0.1, 0.15) is 110 Å². The number of allylic oxidation sites excluding steroid dienone is 13. The maximum atomic E-state index is 3.49. The molecule has 0 bridgehead atoms. The van der Waals surface area contributed by atoms with E-state index in [0.717, 1.165) is 25.0 Å². The topological polar surface area (TPSA) is 12.0 Å². The molecule has 2 aromatic rings. The molecule has 4 aliphatic rings. The van der Waals surface area contributed by atoms with Crippen LogP contribution in [0.25, 0.3) is 22.4 Å². The van der Waals surface area contributed by atoms with Crippen LogP contribution in [-0.4, -0.2) is 0 Å². The first kappa shape index (κ1) is 33.3. The first-order chi connectivity index (χ1) is 20.8. The number of nitrogens with one attached hydrogen (secondary N) is 1. The minimum absolute atomic E-state index is 0.285. The van der Waals surface area contributed by atoms with Gasteiger partial charge in [-0.05, 0) is 106 Å². The fourth-order valence-corrected chi connectivity index (χ4v) is 6.06. The van der Waals surface area contributed by atoms with Gasteiger partial charge in [0.05, 0.1) is 0 Å². The van der Waals surface area contributed by atoms with Gasteiger partial charge in [0.2, 0.25) is 0 Å². The van der Waals surface area contributed by atoms with E-state index in [0.29, 0.717) is 17.3 Å². The highest BCUT2D eigenvalue weighted by Gasteiger charge is 2.26. The van der Waals surface area contributed by atoms with Gasteiger partial charge < -0.3 is 5.32 Å². The first-order valence-electron chi connectivity index (χ1n) is 16.6. The highest BCUT2D eigenvalue weighted by Crippen LogP contribution is 2.45. The first-order valence-corrected chi connectivity index (χ1v) is 16.6. The van der Waals surface area contributed by atoms with E-state index in [1.54, 1.807) is 0 Å². The van der Waals surface area contributed by atoms with E-state index in [2.05, 4.69) is 152 Å². The second-order valence-electron chi connectivity index (χ2n) is 15.1. The Morgan fingerprint density at radius 1 is 0.886 bits per heavy atom. The summed E-state index contributed by atoms with van der Waals surface area (Å²) in [5.41, 5.74) is 12.0. The maximum Gasteiger partial charge on any atom is 0.0419 e. The van der Waals surface area contributed by atoms with E-state index in [1.807, 2.05) is 19.9 Å². The zero-order valence-electron chi connectivity index (χ0n) is 29.0. The van der Waals surface area contributed by atoms with Crippen LogP contribution in [0, 0.1) is 16.7 Å². The van der Waals surface area contributed by atoms with Crippen molar-refractivity contribution in [2.75, 3.05) is 0 Å². The Kier molecular flexibility index (Phi) is 10.6. The van der Waals surface area contributed by atoms with Gasteiger partial charge in [0.1, 0.15) is 0 Å². The van der Waals surface area contributed by atoms with Gasteiger partial charge in [0.25, 0.3) is 0 Å². The van der Waals surface area contributed by atoms with Gasteiger partial charge in [0, 0.05) is 17.3 Å². The summed E-state index contributed by atoms with van der Waals surface area (Å²) in [5, 5.41) is 6.48. The van der Waals surface area contributed by atoms with Crippen molar-refractivity contribution in [2.24, 2.45) is 16.7 Å². The third kappa shape index (κ3) is 8.12. The quantitative estimate of drug-likeness (QED) is 0.352. The van der Waals surface area contributed by atoms with Crippen LogP contribution in [-0.2, 0) is 6.42 Å². The summed E-state index contributed by atoms with van der Waals surface area (Å²) in [4.78, 5) is 0. The van der Waals surface area contributed by atoms with Gasteiger partial charge in [-0.25, -0.2) is 0 Å². The van der Waals surface area contributed by atoms with Gasteiger partial charge in [-0.15, -0.1) is 0 Å². The molecule has 1 N–H and O–H groups in total. The Hall–Kier alpha value is -3.58. The molecule has 6 rings (SSSR count). The van der Waals surface area contributed by atoms with E-state index in [9.17, 15) is 0 Å². The molecule has 232 valence electrons. The fraction of sp³-hybridized carbons (Fsp3) is 0.395. The van der Waals surface area contributed by atoms with Crippen molar-refractivity contribution in [2.45, 2.75) is 94.4 Å². The average molecular weight is 586 g/mol. The van der Waals surface area contributed by atoms with Gasteiger partial charge in [-0.3, -0.25) is 0 Å². The van der Waals surface area contributed by atoms with Crippen LogP contribution in [0.15, 0.2) is 108 Å². The summed E-state index contributed by atoms with van der Waals surface area (Å²) in [6, 6.07) is 9.41. The molecule has 2 aromatic carbocycles. The lowest BCUT2D eigenvalue weighted by atomic mass is 9.74. The molecule has 4 aliphatic carbocycles. The minimum atomic E-state index is 0.285. The third-order valence-corrected chi connectivity index (χ3v) is 8.68. The standard InChI is InChI=1S/C22H24.C16H19N.C5H12/c1-14(22(2,3)4)18-12-10-17-9-8-15-6-5-7-16-11-13-19(18)21(17)20(15)16;1-3-8-14(4-2)17-16-12-7-10-13-9-5-6-11-15(13)16;1-5(2,3)4/h5,7-8,10-14H,6,9H2,1-4H3;3-9,11-13,17H,10H2,1-2H3;1-4H3/b;8-3-,14-4+;. The van der Waals surface area contributed by atoms with Crippen LogP contribution < -0.4 is 5.32 Å².